The topological polar surface area (TPSA) is 95.3 Å². The number of methoxy groups -OCH3 is 1. The van der Waals surface area contributed by atoms with Gasteiger partial charge in [-0.3, -0.25) is 9.36 Å². The van der Waals surface area contributed by atoms with Gasteiger partial charge in [0.05, 0.1) is 36.2 Å². The molecule has 4 aromatic heterocycles. The van der Waals surface area contributed by atoms with Gasteiger partial charge in [0.25, 0.3) is 0 Å². The van der Waals surface area contributed by atoms with Gasteiger partial charge in [-0.2, -0.15) is 0 Å². The molecule has 2 aromatic carbocycles. The van der Waals surface area contributed by atoms with Gasteiger partial charge in [0.15, 0.2) is 11.0 Å². The first-order valence-electron chi connectivity index (χ1n) is 11.1. The average Bonchev–Trinajstić information content (AvgIpc) is 3.69. The van der Waals surface area contributed by atoms with Crippen LogP contribution in [0.4, 0.5) is 5.69 Å². The van der Waals surface area contributed by atoms with Crippen LogP contribution < -0.4 is 10.1 Å². The third-order valence-electron chi connectivity index (χ3n) is 5.66. The van der Waals surface area contributed by atoms with E-state index in [2.05, 4.69) is 15.5 Å². The molecule has 4 heterocycles. The predicted octanol–water partition coefficient (Wildman–Crippen LogP) is 6.29. The number of carbonyl (C=O) groups excluding carboxylic acids is 1. The zero-order chi connectivity index (χ0) is 24.5. The van der Waals surface area contributed by atoms with Gasteiger partial charge >= 0.3 is 0 Å². The van der Waals surface area contributed by atoms with E-state index in [-0.39, 0.29) is 11.7 Å². The first kappa shape index (κ1) is 22.4. The summed E-state index contributed by atoms with van der Waals surface area (Å²) in [6.45, 7) is 0.466. The van der Waals surface area contributed by atoms with Crippen molar-refractivity contribution in [2.45, 2.75) is 11.7 Å². The Morgan fingerprint density at radius 3 is 2.81 bits per heavy atom. The third kappa shape index (κ3) is 4.25. The van der Waals surface area contributed by atoms with Gasteiger partial charge in [-0.25, -0.2) is 0 Å². The average molecular weight is 517 g/mol. The Balaban J connectivity index is 1.23. The van der Waals surface area contributed by atoms with Gasteiger partial charge in [0.2, 0.25) is 5.91 Å². The van der Waals surface area contributed by atoms with E-state index in [1.165, 1.54) is 11.8 Å². The molecule has 6 rings (SSSR count). The number of thioether (sulfide) groups is 1. The second-order valence-corrected chi connectivity index (χ2v) is 9.82. The molecule has 180 valence electrons. The van der Waals surface area contributed by atoms with Crippen molar-refractivity contribution in [3.8, 4) is 16.5 Å². The lowest BCUT2D eigenvalue weighted by molar-refractivity contribution is -0.113. The number of hydrogen-bond acceptors (Lipinski definition) is 8. The number of furan rings is 2. The number of carbonyl (C=O) groups is 1. The summed E-state index contributed by atoms with van der Waals surface area (Å²) < 4.78 is 19.0. The standard InChI is InChI=1S/C26H20N4O4S2/c1-32-22-12-18-17-7-2-3-8-20(17)34-21(18)13-19(22)27-24(31)15-36-26-29-28-25(23-9-5-11-35-23)30(26)14-16-6-4-10-33-16/h2-13H,14-15H2,1H3,(H,27,31). The molecule has 8 nitrogen and oxygen atoms in total. The highest BCUT2D eigenvalue weighted by Crippen LogP contribution is 2.36. The number of anilines is 1. The lowest BCUT2D eigenvalue weighted by Crippen LogP contribution is -2.15. The zero-order valence-electron chi connectivity index (χ0n) is 19.1. The Bertz CT molecular complexity index is 1650. The summed E-state index contributed by atoms with van der Waals surface area (Å²) in [5.41, 5.74) is 2.01. The summed E-state index contributed by atoms with van der Waals surface area (Å²) in [5.74, 6) is 2.03. The maximum absolute atomic E-state index is 12.9. The first-order chi connectivity index (χ1) is 17.7. The minimum atomic E-state index is -0.195. The van der Waals surface area contributed by atoms with Crippen LogP contribution in [-0.2, 0) is 11.3 Å². The van der Waals surface area contributed by atoms with Gasteiger partial charge in [-0.15, -0.1) is 21.5 Å². The fraction of sp³-hybridized carbons (Fsp3) is 0.115. The van der Waals surface area contributed by atoms with Crippen LogP contribution in [0.2, 0.25) is 0 Å². The van der Waals surface area contributed by atoms with E-state index in [9.17, 15) is 4.79 Å². The number of fused-ring (bicyclic) bond motifs is 3. The molecule has 0 unspecified atom stereocenters. The molecule has 36 heavy (non-hydrogen) atoms. The largest absolute Gasteiger partial charge is 0.495 e. The van der Waals surface area contributed by atoms with E-state index >= 15 is 0 Å². The lowest BCUT2D eigenvalue weighted by Gasteiger charge is -2.11. The van der Waals surface area contributed by atoms with E-state index in [4.69, 9.17) is 13.6 Å². The van der Waals surface area contributed by atoms with Crippen molar-refractivity contribution in [1.29, 1.82) is 0 Å². The molecule has 0 aliphatic heterocycles. The number of aromatic nitrogens is 3. The van der Waals surface area contributed by atoms with Gasteiger partial charge in [0.1, 0.15) is 22.7 Å². The fourth-order valence-electron chi connectivity index (χ4n) is 4.02. The molecule has 0 spiro atoms. The van der Waals surface area contributed by atoms with Crippen LogP contribution in [0.1, 0.15) is 5.76 Å². The van der Waals surface area contributed by atoms with Crippen LogP contribution in [0.5, 0.6) is 5.75 Å². The summed E-state index contributed by atoms with van der Waals surface area (Å²) in [4.78, 5) is 13.9. The molecule has 1 amide bonds. The Labute approximate surface area is 213 Å². The van der Waals surface area contributed by atoms with Gasteiger partial charge in [-0.05, 0) is 35.7 Å². The van der Waals surface area contributed by atoms with Crippen molar-refractivity contribution in [3.63, 3.8) is 0 Å². The van der Waals surface area contributed by atoms with Gasteiger partial charge < -0.3 is 18.9 Å². The van der Waals surface area contributed by atoms with Crippen molar-refractivity contribution in [3.05, 3.63) is 78.1 Å². The summed E-state index contributed by atoms with van der Waals surface area (Å²) in [7, 11) is 1.58. The molecule has 10 heteroatoms. The monoisotopic (exact) mass is 516 g/mol. The SMILES string of the molecule is COc1cc2c(cc1NC(=O)CSc1nnc(-c3cccs3)n1Cc1ccco1)oc1ccccc12. The highest BCUT2D eigenvalue weighted by molar-refractivity contribution is 7.99. The van der Waals surface area contributed by atoms with E-state index in [1.807, 2.05) is 64.5 Å². The van der Waals surface area contributed by atoms with Crippen LogP contribution in [0.25, 0.3) is 32.6 Å². The molecular formula is C26H20N4O4S2. The normalized spacial score (nSPS) is 11.4. The molecule has 0 aliphatic rings. The third-order valence-corrected chi connectivity index (χ3v) is 7.49. The molecular weight excluding hydrogens is 496 g/mol. The van der Waals surface area contributed by atoms with Crippen LogP contribution in [-0.4, -0.2) is 33.5 Å². The second-order valence-electron chi connectivity index (χ2n) is 7.93. The molecule has 0 saturated heterocycles. The van der Waals surface area contributed by atoms with Crippen LogP contribution in [0, 0.1) is 0 Å². The van der Waals surface area contributed by atoms with Crippen molar-refractivity contribution in [2.75, 3.05) is 18.2 Å². The van der Waals surface area contributed by atoms with Crippen LogP contribution in [0.15, 0.2) is 86.3 Å². The van der Waals surface area contributed by atoms with Gasteiger partial charge in [0, 0.05) is 16.8 Å². The lowest BCUT2D eigenvalue weighted by atomic mass is 10.1. The van der Waals surface area contributed by atoms with E-state index < -0.39 is 0 Å². The van der Waals surface area contributed by atoms with Gasteiger partial charge in [-0.1, -0.05) is 36.0 Å². The van der Waals surface area contributed by atoms with Crippen molar-refractivity contribution >= 4 is 56.6 Å². The fourth-order valence-corrected chi connectivity index (χ4v) is 5.47. The number of nitrogens with one attached hydrogen (secondary N) is 1. The minimum Gasteiger partial charge on any atom is -0.495 e. The highest BCUT2D eigenvalue weighted by atomic mass is 32.2. The summed E-state index contributed by atoms with van der Waals surface area (Å²) in [6, 6.07) is 19.2. The van der Waals surface area contributed by atoms with Crippen molar-refractivity contribution in [2.24, 2.45) is 0 Å². The zero-order valence-corrected chi connectivity index (χ0v) is 20.8. The number of rotatable bonds is 8. The maximum Gasteiger partial charge on any atom is 0.234 e. The number of para-hydroxylation sites is 1. The molecule has 0 atom stereocenters. The van der Waals surface area contributed by atoms with Crippen molar-refractivity contribution in [1.82, 2.24) is 14.8 Å². The quantitative estimate of drug-likeness (QED) is 0.238. The summed E-state index contributed by atoms with van der Waals surface area (Å²) in [6.07, 6.45) is 1.64. The first-order valence-corrected chi connectivity index (χ1v) is 13.0. The molecule has 0 bridgehead atoms. The number of ether oxygens (including phenoxy) is 1. The van der Waals surface area contributed by atoms with E-state index in [0.29, 0.717) is 28.7 Å². The number of benzene rings is 2. The molecule has 0 aliphatic carbocycles. The number of hydrogen-bond donors (Lipinski definition) is 1. The van der Waals surface area contributed by atoms with Crippen LogP contribution >= 0.6 is 23.1 Å². The van der Waals surface area contributed by atoms with Crippen molar-refractivity contribution < 1.29 is 18.4 Å². The highest BCUT2D eigenvalue weighted by Gasteiger charge is 2.19. The number of amides is 1. The number of thiophene rings is 1. The Morgan fingerprint density at radius 1 is 1.08 bits per heavy atom. The number of nitrogens with zero attached hydrogens (tertiary/aromatic N) is 3. The van der Waals surface area contributed by atoms with E-state index in [0.717, 1.165) is 32.8 Å². The minimum absolute atomic E-state index is 0.141. The molecule has 6 aromatic rings. The predicted molar refractivity (Wildman–Crippen MR) is 141 cm³/mol. The smallest absolute Gasteiger partial charge is 0.234 e. The molecule has 0 radical (unpaired) electrons. The maximum atomic E-state index is 12.9. The van der Waals surface area contributed by atoms with E-state index in [1.54, 1.807) is 30.8 Å². The molecule has 0 saturated carbocycles. The summed E-state index contributed by atoms with van der Waals surface area (Å²) >= 11 is 2.89. The Morgan fingerprint density at radius 2 is 2.00 bits per heavy atom. The van der Waals surface area contributed by atoms with Crippen LogP contribution in [0.3, 0.4) is 0 Å². The second kappa shape index (κ2) is 9.56. The summed E-state index contributed by atoms with van der Waals surface area (Å²) in [5, 5.41) is 16.2. The Hall–Kier alpha value is -4.02. The molecule has 1 N–H and O–H groups in total. The molecule has 0 fully saturated rings. The Kier molecular flexibility index (Phi) is 5.96.